The second-order valence-electron chi connectivity index (χ2n) is 3.31. The monoisotopic (exact) mass is 198 g/mol. The predicted molar refractivity (Wildman–Crippen MR) is 49.5 cm³/mol. The van der Waals surface area contributed by atoms with Gasteiger partial charge in [0.15, 0.2) is 0 Å². The van der Waals surface area contributed by atoms with E-state index in [1.54, 1.807) is 0 Å². The lowest BCUT2D eigenvalue weighted by Crippen LogP contribution is -2.20. The van der Waals surface area contributed by atoms with Crippen LogP contribution >= 0.6 is 0 Å². The van der Waals surface area contributed by atoms with Gasteiger partial charge in [-0.15, -0.1) is 0 Å². The van der Waals surface area contributed by atoms with Gasteiger partial charge in [0.05, 0.1) is 6.04 Å². The molecule has 3 N–H and O–H groups in total. The average molecular weight is 198 g/mol. The average Bonchev–Trinajstić information content (AvgIpc) is 2.64. The lowest BCUT2D eigenvalue weighted by atomic mass is 10.1. The van der Waals surface area contributed by atoms with E-state index in [1.165, 1.54) is 7.05 Å². The zero-order valence-corrected chi connectivity index (χ0v) is 8.44. The third-order valence-electron chi connectivity index (χ3n) is 1.88. The van der Waals surface area contributed by atoms with Gasteiger partial charge in [-0.05, 0) is 5.92 Å². The minimum Gasteiger partial charge on any atom is -0.352 e. The molecule has 0 unspecified atom stereocenters. The van der Waals surface area contributed by atoms with Gasteiger partial charge in [0.2, 0.25) is 5.89 Å². The molecule has 0 spiro atoms. The summed E-state index contributed by atoms with van der Waals surface area (Å²) in [5.74, 6) is 0.112. The molecule has 14 heavy (non-hydrogen) atoms. The maximum Gasteiger partial charge on any atom is 0.292 e. The summed E-state index contributed by atoms with van der Waals surface area (Å²) in [4.78, 5) is 15.0. The SMILES string of the molecule is CNC(=O)c1noc([C@@H](N)C(C)C)n1. The van der Waals surface area contributed by atoms with Crippen LogP contribution in [0.1, 0.15) is 36.4 Å². The molecule has 0 fully saturated rings. The molecule has 1 rings (SSSR count). The fourth-order valence-corrected chi connectivity index (χ4v) is 0.860. The molecular formula is C8H14N4O2. The molecule has 0 aliphatic rings. The van der Waals surface area contributed by atoms with Crippen LogP contribution < -0.4 is 11.1 Å². The number of hydrogen-bond donors (Lipinski definition) is 2. The Morgan fingerprint density at radius 2 is 2.21 bits per heavy atom. The molecule has 78 valence electrons. The number of nitrogens with one attached hydrogen (secondary N) is 1. The van der Waals surface area contributed by atoms with Crippen LogP contribution in [0.3, 0.4) is 0 Å². The van der Waals surface area contributed by atoms with Crippen LogP contribution in [0.25, 0.3) is 0 Å². The smallest absolute Gasteiger partial charge is 0.292 e. The third-order valence-corrected chi connectivity index (χ3v) is 1.88. The molecule has 0 aliphatic heterocycles. The molecule has 1 amide bonds. The molecule has 0 saturated carbocycles. The second-order valence-corrected chi connectivity index (χ2v) is 3.31. The van der Waals surface area contributed by atoms with Gasteiger partial charge >= 0.3 is 0 Å². The first-order valence-electron chi connectivity index (χ1n) is 4.37. The lowest BCUT2D eigenvalue weighted by molar-refractivity contribution is 0.0950. The number of carbonyl (C=O) groups is 1. The number of hydrogen-bond acceptors (Lipinski definition) is 5. The maximum atomic E-state index is 11.1. The molecule has 6 nitrogen and oxygen atoms in total. The summed E-state index contributed by atoms with van der Waals surface area (Å²) >= 11 is 0. The highest BCUT2D eigenvalue weighted by atomic mass is 16.5. The summed E-state index contributed by atoms with van der Waals surface area (Å²) in [5.41, 5.74) is 5.76. The van der Waals surface area contributed by atoms with Crippen molar-refractivity contribution in [1.82, 2.24) is 15.5 Å². The van der Waals surface area contributed by atoms with Crippen molar-refractivity contribution in [2.24, 2.45) is 11.7 Å². The predicted octanol–water partition coefficient (Wildman–Crippen LogP) is 0.0850. The van der Waals surface area contributed by atoms with Crippen LogP contribution in [-0.4, -0.2) is 23.1 Å². The van der Waals surface area contributed by atoms with Crippen LogP contribution in [0.4, 0.5) is 0 Å². The fraction of sp³-hybridized carbons (Fsp3) is 0.625. The highest BCUT2D eigenvalue weighted by Gasteiger charge is 2.20. The lowest BCUT2D eigenvalue weighted by Gasteiger charge is -2.08. The Hall–Kier alpha value is -1.43. The zero-order chi connectivity index (χ0) is 10.7. The molecule has 1 heterocycles. The van der Waals surface area contributed by atoms with Gasteiger partial charge < -0.3 is 15.6 Å². The quantitative estimate of drug-likeness (QED) is 0.717. The number of aromatic nitrogens is 2. The number of nitrogens with two attached hydrogens (primary N) is 1. The minimum absolute atomic E-state index is 0.0126. The van der Waals surface area contributed by atoms with E-state index in [9.17, 15) is 4.79 Å². The summed E-state index contributed by atoms with van der Waals surface area (Å²) in [6.07, 6.45) is 0. The van der Waals surface area contributed by atoms with Crippen LogP contribution in [0.15, 0.2) is 4.52 Å². The molecule has 1 aromatic rings. The van der Waals surface area contributed by atoms with Crippen LogP contribution in [0, 0.1) is 5.92 Å². The van der Waals surface area contributed by atoms with Crippen molar-refractivity contribution in [3.63, 3.8) is 0 Å². The summed E-state index contributed by atoms with van der Waals surface area (Å²) < 4.78 is 4.86. The Labute approximate surface area is 81.9 Å². The number of nitrogens with zero attached hydrogens (tertiary/aromatic N) is 2. The minimum atomic E-state index is -0.379. The second kappa shape index (κ2) is 4.19. The van der Waals surface area contributed by atoms with Gasteiger partial charge in [0.25, 0.3) is 11.7 Å². The summed E-state index contributed by atoms with van der Waals surface area (Å²) in [5, 5.41) is 5.91. The summed E-state index contributed by atoms with van der Waals surface area (Å²) in [7, 11) is 1.50. The molecule has 1 aromatic heterocycles. The first-order chi connectivity index (χ1) is 6.56. The molecule has 0 bridgehead atoms. The van der Waals surface area contributed by atoms with E-state index in [1.807, 2.05) is 13.8 Å². The van der Waals surface area contributed by atoms with E-state index in [0.29, 0.717) is 5.89 Å². The van der Waals surface area contributed by atoms with Crippen molar-refractivity contribution in [3.8, 4) is 0 Å². The zero-order valence-electron chi connectivity index (χ0n) is 8.44. The summed E-state index contributed by atoms with van der Waals surface area (Å²) in [6.45, 7) is 3.88. The molecule has 1 atom stereocenters. The Kier molecular flexibility index (Phi) is 3.19. The highest BCUT2D eigenvalue weighted by molar-refractivity contribution is 5.89. The van der Waals surface area contributed by atoms with Gasteiger partial charge in [-0.2, -0.15) is 4.98 Å². The van der Waals surface area contributed by atoms with Crippen LogP contribution in [0.2, 0.25) is 0 Å². The standard InChI is InChI=1S/C8H14N4O2/c1-4(2)5(9)8-11-6(12-14-8)7(13)10-3/h4-5H,9H2,1-3H3,(H,10,13)/t5-/m0/s1. The van der Waals surface area contributed by atoms with E-state index in [-0.39, 0.29) is 23.7 Å². The summed E-state index contributed by atoms with van der Waals surface area (Å²) in [6, 6.07) is -0.332. The molecule has 6 heteroatoms. The van der Waals surface area contributed by atoms with Crippen molar-refractivity contribution >= 4 is 5.91 Å². The van der Waals surface area contributed by atoms with E-state index < -0.39 is 0 Å². The van der Waals surface area contributed by atoms with Gasteiger partial charge in [-0.3, -0.25) is 4.79 Å². The molecule has 0 radical (unpaired) electrons. The molecule has 0 saturated heterocycles. The molecule has 0 aromatic carbocycles. The Balaban J connectivity index is 2.82. The van der Waals surface area contributed by atoms with Crippen molar-refractivity contribution < 1.29 is 9.32 Å². The Bertz CT molecular complexity index is 321. The van der Waals surface area contributed by atoms with E-state index >= 15 is 0 Å². The number of rotatable bonds is 3. The normalized spacial score (nSPS) is 12.9. The van der Waals surface area contributed by atoms with Gasteiger partial charge in [0, 0.05) is 7.05 Å². The van der Waals surface area contributed by atoms with Crippen LogP contribution in [-0.2, 0) is 0 Å². The highest BCUT2D eigenvalue weighted by Crippen LogP contribution is 2.16. The van der Waals surface area contributed by atoms with Crippen LogP contribution in [0.5, 0.6) is 0 Å². The first-order valence-corrected chi connectivity index (χ1v) is 4.37. The van der Waals surface area contributed by atoms with Crippen molar-refractivity contribution in [2.45, 2.75) is 19.9 Å². The topological polar surface area (TPSA) is 94.0 Å². The van der Waals surface area contributed by atoms with E-state index in [0.717, 1.165) is 0 Å². The van der Waals surface area contributed by atoms with Crippen molar-refractivity contribution in [2.75, 3.05) is 7.05 Å². The Morgan fingerprint density at radius 1 is 1.57 bits per heavy atom. The largest absolute Gasteiger partial charge is 0.352 e. The van der Waals surface area contributed by atoms with Gasteiger partial charge in [-0.1, -0.05) is 19.0 Å². The van der Waals surface area contributed by atoms with E-state index in [4.69, 9.17) is 10.3 Å². The molecule has 0 aliphatic carbocycles. The van der Waals surface area contributed by atoms with Crippen molar-refractivity contribution in [1.29, 1.82) is 0 Å². The first kappa shape index (κ1) is 10.6. The Morgan fingerprint density at radius 3 is 2.71 bits per heavy atom. The number of amides is 1. The maximum absolute atomic E-state index is 11.1. The van der Waals surface area contributed by atoms with E-state index in [2.05, 4.69) is 15.5 Å². The fourth-order valence-electron chi connectivity index (χ4n) is 0.860. The van der Waals surface area contributed by atoms with Crippen molar-refractivity contribution in [3.05, 3.63) is 11.7 Å². The van der Waals surface area contributed by atoms with Gasteiger partial charge in [0.1, 0.15) is 0 Å². The third kappa shape index (κ3) is 2.08. The molecular weight excluding hydrogens is 184 g/mol. The van der Waals surface area contributed by atoms with Gasteiger partial charge in [-0.25, -0.2) is 0 Å². The number of carbonyl (C=O) groups excluding carboxylic acids is 1.